The fraction of sp³-hybridized carbons (Fsp3) is 0.407. The van der Waals surface area contributed by atoms with Crippen LogP contribution in [0.5, 0.6) is 0 Å². The molecule has 3 aromatic rings. The van der Waals surface area contributed by atoms with Crippen LogP contribution in [0.2, 0.25) is 0 Å². The molecule has 5 heteroatoms. The lowest BCUT2D eigenvalue weighted by Crippen LogP contribution is -2.64. The maximum atomic E-state index is 13.7. The van der Waals surface area contributed by atoms with Gasteiger partial charge in [0.15, 0.2) is 0 Å². The van der Waals surface area contributed by atoms with E-state index >= 15 is 0 Å². The van der Waals surface area contributed by atoms with Crippen LogP contribution in [0.1, 0.15) is 49.7 Å². The summed E-state index contributed by atoms with van der Waals surface area (Å²) in [6.45, 7) is 7.83. The molecule has 4 rings (SSSR count). The number of amides is 2. The molecule has 5 nitrogen and oxygen atoms in total. The van der Waals surface area contributed by atoms with E-state index < -0.39 is 5.54 Å². The summed E-state index contributed by atoms with van der Waals surface area (Å²) < 4.78 is 2.02. The summed E-state index contributed by atoms with van der Waals surface area (Å²) in [5.74, 6) is 0.370. The predicted octanol–water partition coefficient (Wildman–Crippen LogP) is 4.65. The van der Waals surface area contributed by atoms with Crippen molar-refractivity contribution in [3.63, 3.8) is 0 Å². The number of fused-ring (bicyclic) bond motifs is 3. The van der Waals surface area contributed by atoms with E-state index in [2.05, 4.69) is 31.3 Å². The lowest BCUT2D eigenvalue weighted by atomic mass is 9.93. The van der Waals surface area contributed by atoms with Crippen LogP contribution in [0.3, 0.4) is 0 Å². The van der Waals surface area contributed by atoms with Gasteiger partial charge in [-0.15, -0.1) is 0 Å². The number of carbonyl (C=O) groups is 2. The highest BCUT2D eigenvalue weighted by molar-refractivity contribution is 6.03. The van der Waals surface area contributed by atoms with Gasteiger partial charge < -0.3 is 14.8 Å². The van der Waals surface area contributed by atoms with E-state index in [1.165, 1.54) is 5.56 Å². The Labute approximate surface area is 190 Å². The third-order valence-corrected chi connectivity index (χ3v) is 6.52. The average molecular weight is 432 g/mol. The van der Waals surface area contributed by atoms with Crippen LogP contribution in [0.15, 0.2) is 60.7 Å². The zero-order chi connectivity index (χ0) is 22.7. The Kier molecular flexibility index (Phi) is 6.35. The molecule has 0 saturated heterocycles. The molecule has 0 aliphatic carbocycles. The molecule has 0 saturated carbocycles. The summed E-state index contributed by atoms with van der Waals surface area (Å²) in [7, 11) is 0. The number of aryl methyl sites for hydroxylation is 1. The van der Waals surface area contributed by atoms with Gasteiger partial charge in [0.25, 0.3) is 5.91 Å². The maximum Gasteiger partial charge on any atom is 0.271 e. The van der Waals surface area contributed by atoms with Crippen LogP contribution in [0, 0.1) is 5.92 Å². The summed E-state index contributed by atoms with van der Waals surface area (Å²) in [6, 6.07) is 20.2. The molecule has 1 aliphatic heterocycles. The SMILES string of the molecule is CC(C)CCNC(=O)C1(C)Cn2c(cc3ccccc32)C(=O)N1CCCc1ccccc1. The maximum absolute atomic E-state index is 13.7. The summed E-state index contributed by atoms with van der Waals surface area (Å²) >= 11 is 0. The van der Waals surface area contributed by atoms with Gasteiger partial charge in [0.1, 0.15) is 11.2 Å². The van der Waals surface area contributed by atoms with Gasteiger partial charge in [0.2, 0.25) is 5.91 Å². The molecule has 2 aromatic carbocycles. The monoisotopic (exact) mass is 431 g/mol. The Morgan fingerprint density at radius 1 is 1.09 bits per heavy atom. The van der Waals surface area contributed by atoms with Crippen molar-refractivity contribution in [1.29, 1.82) is 0 Å². The third-order valence-electron chi connectivity index (χ3n) is 6.52. The quantitative estimate of drug-likeness (QED) is 0.564. The molecule has 168 valence electrons. The average Bonchev–Trinajstić information content (AvgIpc) is 3.15. The molecule has 1 aliphatic rings. The van der Waals surface area contributed by atoms with Crippen molar-refractivity contribution in [1.82, 2.24) is 14.8 Å². The van der Waals surface area contributed by atoms with Gasteiger partial charge in [-0.25, -0.2) is 0 Å². The van der Waals surface area contributed by atoms with E-state index in [0.29, 0.717) is 31.2 Å². The molecule has 1 N–H and O–H groups in total. The smallest absolute Gasteiger partial charge is 0.271 e. The molecule has 1 unspecified atom stereocenters. The molecular weight excluding hydrogens is 398 g/mol. The van der Waals surface area contributed by atoms with E-state index in [1.54, 1.807) is 4.90 Å². The number of nitrogens with zero attached hydrogens (tertiary/aromatic N) is 2. The summed E-state index contributed by atoms with van der Waals surface area (Å²) in [5, 5.41) is 4.14. The first-order valence-electron chi connectivity index (χ1n) is 11.6. The molecule has 1 atom stereocenters. The second-order valence-corrected chi connectivity index (χ2v) is 9.43. The minimum Gasteiger partial charge on any atom is -0.354 e. The highest BCUT2D eigenvalue weighted by Crippen LogP contribution is 2.32. The summed E-state index contributed by atoms with van der Waals surface area (Å²) in [5.41, 5.74) is 1.98. The molecule has 0 fully saturated rings. The lowest BCUT2D eigenvalue weighted by Gasteiger charge is -2.44. The van der Waals surface area contributed by atoms with Crippen molar-refractivity contribution in [2.75, 3.05) is 13.1 Å². The van der Waals surface area contributed by atoms with Crippen molar-refractivity contribution in [2.24, 2.45) is 5.92 Å². The topological polar surface area (TPSA) is 54.3 Å². The van der Waals surface area contributed by atoms with E-state index in [9.17, 15) is 9.59 Å². The van der Waals surface area contributed by atoms with Crippen LogP contribution >= 0.6 is 0 Å². The van der Waals surface area contributed by atoms with Gasteiger partial charge in [-0.1, -0.05) is 62.4 Å². The van der Waals surface area contributed by atoms with Crippen molar-refractivity contribution in [3.8, 4) is 0 Å². The Morgan fingerprint density at radius 2 is 1.81 bits per heavy atom. The van der Waals surface area contributed by atoms with Crippen molar-refractivity contribution >= 4 is 22.7 Å². The van der Waals surface area contributed by atoms with Crippen molar-refractivity contribution in [2.45, 2.75) is 52.1 Å². The van der Waals surface area contributed by atoms with E-state index in [0.717, 1.165) is 30.2 Å². The fourth-order valence-corrected chi connectivity index (χ4v) is 4.61. The first kappa shape index (κ1) is 22.1. The van der Waals surface area contributed by atoms with Gasteiger partial charge in [0.05, 0.1) is 6.54 Å². The van der Waals surface area contributed by atoms with Crippen LogP contribution in [0.4, 0.5) is 0 Å². The molecule has 0 radical (unpaired) electrons. The number of hydrogen-bond acceptors (Lipinski definition) is 2. The normalized spacial score (nSPS) is 18.2. The Morgan fingerprint density at radius 3 is 2.56 bits per heavy atom. The molecule has 2 amide bonds. The molecule has 0 bridgehead atoms. The summed E-state index contributed by atoms with van der Waals surface area (Å²) in [4.78, 5) is 28.9. The molecule has 0 spiro atoms. The van der Waals surface area contributed by atoms with Crippen LogP contribution in [0.25, 0.3) is 10.9 Å². The predicted molar refractivity (Wildman–Crippen MR) is 129 cm³/mol. The Balaban J connectivity index is 1.62. The number of para-hydroxylation sites is 1. The zero-order valence-electron chi connectivity index (χ0n) is 19.3. The molecule has 2 heterocycles. The Hall–Kier alpha value is -3.08. The van der Waals surface area contributed by atoms with E-state index in [-0.39, 0.29) is 11.8 Å². The van der Waals surface area contributed by atoms with Crippen LogP contribution in [-0.4, -0.2) is 39.9 Å². The molecule has 32 heavy (non-hydrogen) atoms. The summed E-state index contributed by atoms with van der Waals surface area (Å²) in [6.07, 6.45) is 2.60. The number of nitrogens with one attached hydrogen (secondary N) is 1. The standard InChI is InChI=1S/C27H33N3O2/c1-20(2)15-16-28-26(32)27(3)19-29-23-14-8-7-13-22(23)18-24(29)25(31)30(27)17-9-12-21-10-5-4-6-11-21/h4-8,10-11,13-14,18,20H,9,12,15-17,19H2,1-3H3,(H,28,32). The Bertz CT molecular complexity index is 1100. The minimum absolute atomic E-state index is 0.0676. The number of carbonyl (C=O) groups excluding carboxylic acids is 2. The van der Waals surface area contributed by atoms with E-state index in [1.807, 2.05) is 60.0 Å². The van der Waals surface area contributed by atoms with Crippen molar-refractivity contribution < 1.29 is 9.59 Å². The van der Waals surface area contributed by atoms with Crippen LogP contribution < -0.4 is 5.32 Å². The minimum atomic E-state index is -0.931. The highest BCUT2D eigenvalue weighted by atomic mass is 16.2. The van der Waals surface area contributed by atoms with Gasteiger partial charge in [-0.3, -0.25) is 9.59 Å². The number of aromatic nitrogens is 1. The second-order valence-electron chi connectivity index (χ2n) is 9.43. The van der Waals surface area contributed by atoms with Gasteiger partial charge in [0, 0.05) is 24.0 Å². The fourth-order valence-electron chi connectivity index (χ4n) is 4.61. The molecular formula is C27H33N3O2. The lowest BCUT2D eigenvalue weighted by molar-refractivity contribution is -0.132. The van der Waals surface area contributed by atoms with Crippen LogP contribution in [-0.2, 0) is 17.8 Å². The number of hydrogen-bond donors (Lipinski definition) is 1. The molecule has 1 aromatic heterocycles. The highest BCUT2D eigenvalue weighted by Gasteiger charge is 2.47. The van der Waals surface area contributed by atoms with E-state index in [4.69, 9.17) is 0 Å². The number of rotatable bonds is 8. The third kappa shape index (κ3) is 4.29. The van der Waals surface area contributed by atoms with Crippen molar-refractivity contribution in [3.05, 3.63) is 71.9 Å². The van der Waals surface area contributed by atoms with Gasteiger partial charge in [-0.05, 0) is 49.8 Å². The zero-order valence-corrected chi connectivity index (χ0v) is 19.3. The second kappa shape index (κ2) is 9.19. The van der Waals surface area contributed by atoms with Gasteiger partial charge >= 0.3 is 0 Å². The number of benzene rings is 2. The first-order chi connectivity index (χ1) is 15.4. The first-order valence-corrected chi connectivity index (χ1v) is 11.6. The van der Waals surface area contributed by atoms with Gasteiger partial charge in [-0.2, -0.15) is 0 Å². The largest absolute Gasteiger partial charge is 0.354 e.